The average Bonchev–Trinajstić information content (AvgIpc) is 2.28. The lowest BCUT2D eigenvalue weighted by atomic mass is 10.2. The monoisotopic (exact) mass is 290 g/mol. The zero-order valence-corrected chi connectivity index (χ0v) is 10.6. The van der Waals surface area contributed by atoms with Crippen molar-refractivity contribution in [3.63, 3.8) is 0 Å². The number of carboxylic acids is 1. The molecule has 1 rings (SSSR count). The van der Waals surface area contributed by atoms with Crippen LogP contribution in [0.1, 0.15) is 5.56 Å². The summed E-state index contributed by atoms with van der Waals surface area (Å²) in [5, 5.41) is 10.8. The smallest absolute Gasteiger partial charge is 0.406 e. The molecule has 20 heavy (non-hydrogen) atoms. The molecule has 0 unspecified atom stereocenters. The van der Waals surface area contributed by atoms with Gasteiger partial charge in [-0.05, 0) is 18.6 Å². The van der Waals surface area contributed by atoms with Gasteiger partial charge in [0.2, 0.25) is 0 Å². The number of anilines is 1. The highest BCUT2D eigenvalue weighted by atomic mass is 19.4. The minimum absolute atomic E-state index is 0.189. The van der Waals surface area contributed by atoms with Gasteiger partial charge in [-0.2, -0.15) is 13.2 Å². The quantitative estimate of drug-likeness (QED) is 0.895. The van der Waals surface area contributed by atoms with E-state index in [0.29, 0.717) is 11.3 Å². The van der Waals surface area contributed by atoms with Gasteiger partial charge in [0.15, 0.2) is 0 Å². The summed E-state index contributed by atoms with van der Waals surface area (Å²) in [4.78, 5) is 22.4. The number of urea groups is 1. The van der Waals surface area contributed by atoms with Crippen LogP contribution in [0.5, 0.6) is 0 Å². The van der Waals surface area contributed by atoms with Gasteiger partial charge in [-0.1, -0.05) is 18.2 Å². The second kappa shape index (κ2) is 6.27. The first kappa shape index (κ1) is 15.8. The Morgan fingerprint density at radius 1 is 1.30 bits per heavy atom. The number of rotatable bonds is 4. The Morgan fingerprint density at radius 2 is 1.90 bits per heavy atom. The molecule has 0 saturated heterocycles. The number of aliphatic carboxylic acids is 1. The summed E-state index contributed by atoms with van der Waals surface area (Å²) in [6.07, 6.45) is -4.67. The van der Waals surface area contributed by atoms with Crippen LogP contribution in [0, 0.1) is 6.92 Å². The van der Waals surface area contributed by atoms with E-state index in [1.807, 2.05) is 0 Å². The van der Waals surface area contributed by atoms with E-state index < -0.39 is 31.3 Å². The predicted molar refractivity (Wildman–Crippen MR) is 65.5 cm³/mol. The van der Waals surface area contributed by atoms with Crippen molar-refractivity contribution < 1.29 is 27.9 Å². The summed E-state index contributed by atoms with van der Waals surface area (Å²) in [6, 6.07) is 5.38. The highest BCUT2D eigenvalue weighted by molar-refractivity contribution is 5.92. The number of nitrogens with zero attached hydrogens (tertiary/aromatic N) is 1. The summed E-state index contributed by atoms with van der Waals surface area (Å²) < 4.78 is 37.0. The maximum atomic E-state index is 12.3. The molecular formula is C12H13F3N2O3. The Balaban J connectivity index is 2.83. The van der Waals surface area contributed by atoms with Gasteiger partial charge in [0, 0.05) is 5.69 Å². The maximum absolute atomic E-state index is 12.3. The van der Waals surface area contributed by atoms with Crippen molar-refractivity contribution in [3.05, 3.63) is 29.8 Å². The first-order valence-corrected chi connectivity index (χ1v) is 5.59. The van der Waals surface area contributed by atoms with E-state index in [0.717, 1.165) is 0 Å². The number of para-hydroxylation sites is 1. The third kappa shape index (κ3) is 5.17. The minimum atomic E-state index is -4.67. The lowest BCUT2D eigenvalue weighted by molar-refractivity contribution is -0.148. The summed E-state index contributed by atoms with van der Waals surface area (Å²) in [5.41, 5.74) is 0.984. The molecule has 0 aliphatic rings. The Bertz CT molecular complexity index is 503. The standard InChI is InChI=1S/C12H13F3N2O3/c1-8-4-2-3-5-9(8)16-11(20)17(6-10(18)19)7-12(13,14)15/h2-5H,6-7H2,1H3,(H,16,20)(H,18,19). The largest absolute Gasteiger partial charge is 0.480 e. The molecule has 0 aromatic heterocycles. The minimum Gasteiger partial charge on any atom is -0.480 e. The zero-order valence-electron chi connectivity index (χ0n) is 10.6. The summed E-state index contributed by atoms with van der Waals surface area (Å²) >= 11 is 0. The number of hydrogen-bond acceptors (Lipinski definition) is 2. The fraction of sp³-hybridized carbons (Fsp3) is 0.333. The Labute approximate surface area is 113 Å². The molecule has 8 heteroatoms. The first-order chi connectivity index (χ1) is 9.19. The lowest BCUT2D eigenvalue weighted by Gasteiger charge is -2.22. The summed E-state index contributed by atoms with van der Waals surface area (Å²) in [5.74, 6) is -1.52. The number of hydrogen-bond donors (Lipinski definition) is 2. The van der Waals surface area contributed by atoms with Crippen LogP contribution in [0.4, 0.5) is 23.7 Å². The second-order valence-corrected chi connectivity index (χ2v) is 4.11. The van der Waals surface area contributed by atoms with Gasteiger partial charge in [-0.25, -0.2) is 4.79 Å². The molecule has 1 aromatic carbocycles. The molecule has 2 amide bonds. The summed E-state index contributed by atoms with van der Waals surface area (Å²) in [7, 11) is 0. The van der Waals surface area contributed by atoms with Crippen LogP contribution in [0.3, 0.4) is 0 Å². The molecule has 5 nitrogen and oxygen atoms in total. The Morgan fingerprint density at radius 3 is 2.40 bits per heavy atom. The van der Waals surface area contributed by atoms with Crippen molar-refractivity contribution in [3.8, 4) is 0 Å². The average molecular weight is 290 g/mol. The lowest BCUT2D eigenvalue weighted by Crippen LogP contribution is -2.44. The molecule has 0 fully saturated rings. The fourth-order valence-electron chi connectivity index (χ4n) is 1.49. The molecule has 110 valence electrons. The van der Waals surface area contributed by atoms with E-state index in [-0.39, 0.29) is 4.90 Å². The molecule has 0 radical (unpaired) electrons. The zero-order chi connectivity index (χ0) is 15.3. The Kier molecular flexibility index (Phi) is 4.95. The van der Waals surface area contributed by atoms with Crippen LogP contribution in [-0.4, -0.2) is 41.3 Å². The number of halogens is 3. The molecule has 0 heterocycles. The van der Waals surface area contributed by atoms with Gasteiger partial charge in [0.05, 0.1) is 0 Å². The molecular weight excluding hydrogens is 277 g/mol. The second-order valence-electron chi connectivity index (χ2n) is 4.11. The molecule has 2 N–H and O–H groups in total. The van der Waals surface area contributed by atoms with Crippen molar-refractivity contribution in [2.24, 2.45) is 0 Å². The highest BCUT2D eigenvalue weighted by Gasteiger charge is 2.34. The number of alkyl halides is 3. The fourth-order valence-corrected chi connectivity index (χ4v) is 1.49. The number of carbonyl (C=O) groups is 2. The topological polar surface area (TPSA) is 69.6 Å². The SMILES string of the molecule is Cc1ccccc1NC(=O)N(CC(=O)O)CC(F)(F)F. The van der Waals surface area contributed by atoms with E-state index in [9.17, 15) is 22.8 Å². The van der Waals surface area contributed by atoms with Crippen molar-refractivity contribution in [1.29, 1.82) is 0 Å². The van der Waals surface area contributed by atoms with E-state index in [2.05, 4.69) is 5.32 Å². The van der Waals surface area contributed by atoms with Gasteiger partial charge >= 0.3 is 18.2 Å². The molecule has 0 bridgehead atoms. The number of amides is 2. The van der Waals surface area contributed by atoms with Crippen LogP contribution in [-0.2, 0) is 4.79 Å². The van der Waals surface area contributed by atoms with Gasteiger partial charge in [-0.3, -0.25) is 4.79 Å². The maximum Gasteiger partial charge on any atom is 0.406 e. The predicted octanol–water partition coefficient (Wildman–Crippen LogP) is 2.48. The number of carbonyl (C=O) groups excluding carboxylic acids is 1. The van der Waals surface area contributed by atoms with Crippen molar-refractivity contribution in [1.82, 2.24) is 4.90 Å². The van der Waals surface area contributed by atoms with Gasteiger partial charge in [0.25, 0.3) is 0 Å². The Hall–Kier alpha value is -2.25. The molecule has 0 atom stereocenters. The molecule has 0 saturated carbocycles. The van der Waals surface area contributed by atoms with Crippen LogP contribution < -0.4 is 5.32 Å². The van der Waals surface area contributed by atoms with Gasteiger partial charge in [0.1, 0.15) is 13.1 Å². The molecule has 0 aliphatic heterocycles. The number of nitrogens with one attached hydrogen (secondary N) is 1. The highest BCUT2D eigenvalue weighted by Crippen LogP contribution is 2.18. The number of benzene rings is 1. The third-order valence-electron chi connectivity index (χ3n) is 2.37. The van der Waals surface area contributed by atoms with Gasteiger partial charge in [-0.15, -0.1) is 0 Å². The first-order valence-electron chi connectivity index (χ1n) is 5.59. The van der Waals surface area contributed by atoms with Crippen LogP contribution in [0.15, 0.2) is 24.3 Å². The van der Waals surface area contributed by atoms with E-state index in [1.54, 1.807) is 25.1 Å². The normalized spacial score (nSPS) is 11.0. The molecule has 1 aromatic rings. The van der Waals surface area contributed by atoms with Crippen LogP contribution in [0.2, 0.25) is 0 Å². The third-order valence-corrected chi connectivity index (χ3v) is 2.37. The van der Waals surface area contributed by atoms with Crippen LogP contribution >= 0.6 is 0 Å². The number of aryl methyl sites for hydroxylation is 1. The van der Waals surface area contributed by atoms with E-state index >= 15 is 0 Å². The number of carboxylic acid groups (broad SMARTS) is 1. The van der Waals surface area contributed by atoms with Crippen molar-refractivity contribution >= 4 is 17.7 Å². The molecule has 0 spiro atoms. The van der Waals surface area contributed by atoms with Crippen LogP contribution in [0.25, 0.3) is 0 Å². The van der Waals surface area contributed by atoms with E-state index in [4.69, 9.17) is 5.11 Å². The van der Waals surface area contributed by atoms with Gasteiger partial charge < -0.3 is 15.3 Å². The summed E-state index contributed by atoms with van der Waals surface area (Å²) in [6.45, 7) is -0.991. The molecule has 0 aliphatic carbocycles. The van der Waals surface area contributed by atoms with E-state index in [1.165, 1.54) is 6.07 Å². The van der Waals surface area contributed by atoms with Crippen molar-refractivity contribution in [2.45, 2.75) is 13.1 Å². The van der Waals surface area contributed by atoms with Crippen molar-refractivity contribution in [2.75, 3.05) is 18.4 Å².